The van der Waals surface area contributed by atoms with E-state index in [2.05, 4.69) is 5.32 Å². The predicted octanol–water partition coefficient (Wildman–Crippen LogP) is 6.29. The largest absolute Gasteiger partial charge is 0.497 e. The van der Waals surface area contributed by atoms with Gasteiger partial charge in [0.25, 0.3) is 0 Å². The summed E-state index contributed by atoms with van der Waals surface area (Å²) in [5.41, 5.74) is 4.41. The summed E-state index contributed by atoms with van der Waals surface area (Å²) in [5, 5.41) is 5.90. The monoisotopic (exact) mass is 447 g/mol. The van der Waals surface area contributed by atoms with Crippen LogP contribution in [0.1, 0.15) is 24.3 Å². The Hall–Kier alpha value is -3.51. The van der Waals surface area contributed by atoms with Crippen LogP contribution in [0.25, 0.3) is 27.7 Å². The zero-order valence-electron chi connectivity index (χ0n) is 18.3. The second-order valence-electron chi connectivity index (χ2n) is 7.28. The van der Waals surface area contributed by atoms with E-state index >= 15 is 0 Å². The quantitative estimate of drug-likeness (QED) is 0.323. The van der Waals surface area contributed by atoms with E-state index in [0.29, 0.717) is 18.9 Å². The van der Waals surface area contributed by atoms with Crippen LogP contribution in [0.2, 0.25) is 0 Å². The molecule has 2 aromatic heterocycles. The molecule has 0 aliphatic rings. The maximum Gasteiger partial charge on any atom is 0.244 e. The van der Waals surface area contributed by atoms with Gasteiger partial charge in [0, 0.05) is 33.5 Å². The molecular weight excluding hydrogens is 422 g/mol. The summed E-state index contributed by atoms with van der Waals surface area (Å²) in [5.74, 6) is 1.35. The number of amides is 1. The average Bonchev–Trinajstić information content (AvgIpc) is 3.47. The summed E-state index contributed by atoms with van der Waals surface area (Å²) in [7, 11) is 1.65. The molecule has 0 aliphatic heterocycles. The number of furan rings is 1. The SMILES string of the molecule is CCOc1cc2occ(-c3ccc(OC)cc3)c2cc1/C(C)=C/C(=O)NCc1cccs1. The molecule has 2 aromatic carbocycles. The smallest absolute Gasteiger partial charge is 0.244 e. The van der Waals surface area contributed by atoms with Gasteiger partial charge in [0.1, 0.15) is 17.1 Å². The number of benzene rings is 2. The molecule has 4 rings (SSSR count). The molecule has 0 saturated heterocycles. The van der Waals surface area contributed by atoms with Gasteiger partial charge in [-0.05, 0) is 54.6 Å². The molecule has 0 aliphatic carbocycles. The Labute approximate surface area is 191 Å². The number of nitrogens with one attached hydrogen (secondary N) is 1. The lowest BCUT2D eigenvalue weighted by atomic mass is 9.99. The standard InChI is InChI=1S/C26H25NO4S/c1-4-30-24-14-25-22(23(16-31-25)18-7-9-19(29-3)10-8-18)13-21(24)17(2)12-26(28)27-15-20-6-5-11-32-20/h5-14,16H,4,15H2,1-3H3,(H,27,28)/b17-12+. The highest BCUT2D eigenvalue weighted by molar-refractivity contribution is 7.09. The summed E-state index contributed by atoms with van der Waals surface area (Å²) in [6, 6.07) is 15.7. The number of hydrogen-bond acceptors (Lipinski definition) is 5. The fourth-order valence-corrected chi connectivity index (χ4v) is 4.19. The first-order valence-electron chi connectivity index (χ1n) is 10.4. The third-order valence-electron chi connectivity index (χ3n) is 5.17. The summed E-state index contributed by atoms with van der Waals surface area (Å²) in [6.45, 7) is 4.89. The van der Waals surface area contributed by atoms with Crippen LogP contribution in [-0.4, -0.2) is 19.6 Å². The molecule has 6 heteroatoms. The number of carbonyl (C=O) groups excluding carboxylic acids is 1. The minimum atomic E-state index is -0.138. The summed E-state index contributed by atoms with van der Waals surface area (Å²) in [4.78, 5) is 13.6. The summed E-state index contributed by atoms with van der Waals surface area (Å²) in [6.07, 6.45) is 3.36. The fourth-order valence-electron chi connectivity index (χ4n) is 3.55. The molecular formula is C26H25NO4S. The molecule has 0 radical (unpaired) electrons. The highest BCUT2D eigenvalue weighted by Gasteiger charge is 2.15. The lowest BCUT2D eigenvalue weighted by Crippen LogP contribution is -2.20. The number of ether oxygens (including phenoxy) is 2. The van der Waals surface area contributed by atoms with Crippen LogP contribution < -0.4 is 14.8 Å². The van der Waals surface area contributed by atoms with Crippen LogP contribution in [0.5, 0.6) is 11.5 Å². The zero-order valence-corrected chi connectivity index (χ0v) is 19.1. The number of hydrogen-bond donors (Lipinski definition) is 1. The van der Waals surface area contributed by atoms with Crippen molar-refractivity contribution in [2.24, 2.45) is 0 Å². The van der Waals surface area contributed by atoms with Gasteiger partial charge in [-0.1, -0.05) is 18.2 Å². The van der Waals surface area contributed by atoms with Gasteiger partial charge in [-0.25, -0.2) is 0 Å². The van der Waals surface area contributed by atoms with Crippen molar-refractivity contribution < 1.29 is 18.7 Å². The predicted molar refractivity (Wildman–Crippen MR) is 129 cm³/mol. The van der Waals surface area contributed by atoms with Crippen LogP contribution in [0.4, 0.5) is 0 Å². The number of carbonyl (C=O) groups is 1. The Balaban J connectivity index is 1.68. The topological polar surface area (TPSA) is 60.7 Å². The van der Waals surface area contributed by atoms with E-state index in [0.717, 1.165) is 43.9 Å². The molecule has 164 valence electrons. The first-order chi connectivity index (χ1) is 15.6. The van der Waals surface area contributed by atoms with E-state index in [4.69, 9.17) is 13.9 Å². The highest BCUT2D eigenvalue weighted by Crippen LogP contribution is 2.37. The van der Waals surface area contributed by atoms with Crippen LogP contribution >= 0.6 is 11.3 Å². The second-order valence-corrected chi connectivity index (χ2v) is 8.31. The molecule has 0 atom stereocenters. The van der Waals surface area contributed by atoms with E-state index in [9.17, 15) is 4.79 Å². The van der Waals surface area contributed by atoms with Crippen molar-refractivity contribution in [2.75, 3.05) is 13.7 Å². The zero-order chi connectivity index (χ0) is 22.5. The summed E-state index contributed by atoms with van der Waals surface area (Å²) >= 11 is 1.62. The Morgan fingerprint density at radius 2 is 2.00 bits per heavy atom. The van der Waals surface area contributed by atoms with Gasteiger partial charge in [0.2, 0.25) is 5.91 Å². The maximum atomic E-state index is 12.5. The van der Waals surface area contributed by atoms with Gasteiger partial charge >= 0.3 is 0 Å². The van der Waals surface area contributed by atoms with Crippen molar-refractivity contribution in [3.8, 4) is 22.6 Å². The average molecular weight is 448 g/mol. The third kappa shape index (κ3) is 4.70. The molecule has 0 fully saturated rings. The van der Waals surface area contributed by atoms with Crippen molar-refractivity contribution in [1.29, 1.82) is 0 Å². The van der Waals surface area contributed by atoms with E-state index in [-0.39, 0.29) is 5.91 Å². The van der Waals surface area contributed by atoms with Crippen molar-refractivity contribution in [3.63, 3.8) is 0 Å². The van der Waals surface area contributed by atoms with Gasteiger partial charge < -0.3 is 19.2 Å². The van der Waals surface area contributed by atoms with Crippen molar-refractivity contribution >= 4 is 33.8 Å². The number of methoxy groups -OCH3 is 1. The summed E-state index contributed by atoms with van der Waals surface area (Å²) < 4.78 is 17.0. The highest BCUT2D eigenvalue weighted by atomic mass is 32.1. The van der Waals surface area contributed by atoms with Gasteiger partial charge in [-0.15, -0.1) is 11.3 Å². The Bertz CT molecular complexity index is 1240. The van der Waals surface area contributed by atoms with Crippen LogP contribution in [0.15, 0.2) is 70.7 Å². The fraction of sp³-hybridized carbons (Fsp3) is 0.192. The number of allylic oxidation sites excluding steroid dienone is 1. The van der Waals surface area contributed by atoms with Crippen molar-refractivity contribution in [1.82, 2.24) is 5.32 Å². The van der Waals surface area contributed by atoms with E-state index in [1.54, 1.807) is 30.8 Å². The Morgan fingerprint density at radius 3 is 2.69 bits per heavy atom. The van der Waals surface area contributed by atoms with E-state index in [1.807, 2.05) is 67.8 Å². The molecule has 0 spiro atoms. The van der Waals surface area contributed by atoms with Crippen LogP contribution in [-0.2, 0) is 11.3 Å². The molecule has 4 aromatic rings. The number of fused-ring (bicyclic) bond motifs is 1. The number of thiophene rings is 1. The minimum absolute atomic E-state index is 0.138. The first kappa shape index (κ1) is 21.7. The molecule has 0 saturated carbocycles. The first-order valence-corrected chi connectivity index (χ1v) is 11.3. The minimum Gasteiger partial charge on any atom is -0.497 e. The molecule has 32 heavy (non-hydrogen) atoms. The lowest BCUT2D eigenvalue weighted by Gasteiger charge is -2.12. The number of rotatable bonds is 8. The Kier molecular flexibility index (Phi) is 6.61. The normalized spacial score (nSPS) is 11.5. The third-order valence-corrected chi connectivity index (χ3v) is 6.04. The van der Waals surface area contributed by atoms with Gasteiger partial charge in [-0.3, -0.25) is 4.79 Å². The molecule has 1 N–H and O–H groups in total. The maximum absolute atomic E-state index is 12.5. The van der Waals surface area contributed by atoms with Gasteiger partial charge in [-0.2, -0.15) is 0 Å². The second kappa shape index (κ2) is 9.75. The van der Waals surface area contributed by atoms with Crippen LogP contribution in [0.3, 0.4) is 0 Å². The molecule has 0 unspecified atom stereocenters. The van der Waals surface area contributed by atoms with E-state index in [1.165, 1.54) is 0 Å². The molecule has 5 nitrogen and oxygen atoms in total. The van der Waals surface area contributed by atoms with Crippen molar-refractivity contribution in [3.05, 3.63) is 76.7 Å². The molecule has 2 heterocycles. The van der Waals surface area contributed by atoms with Crippen LogP contribution in [0, 0.1) is 0 Å². The molecule has 1 amide bonds. The van der Waals surface area contributed by atoms with Gasteiger partial charge in [0.15, 0.2) is 0 Å². The van der Waals surface area contributed by atoms with Crippen molar-refractivity contribution in [2.45, 2.75) is 20.4 Å². The van der Waals surface area contributed by atoms with Gasteiger partial charge in [0.05, 0.1) is 26.5 Å². The lowest BCUT2D eigenvalue weighted by molar-refractivity contribution is -0.116. The molecule has 0 bridgehead atoms. The van der Waals surface area contributed by atoms with E-state index < -0.39 is 0 Å². The Morgan fingerprint density at radius 1 is 1.19 bits per heavy atom.